The molecule has 0 aliphatic carbocycles. The lowest BCUT2D eigenvalue weighted by atomic mass is 10.2. The van der Waals surface area contributed by atoms with Crippen LogP contribution in [0.2, 0.25) is 0 Å². The summed E-state index contributed by atoms with van der Waals surface area (Å²) >= 11 is 0. The minimum absolute atomic E-state index is 0.203. The first-order valence-electron chi connectivity index (χ1n) is 4.27. The van der Waals surface area contributed by atoms with Gasteiger partial charge in [-0.2, -0.15) is 0 Å². The van der Waals surface area contributed by atoms with E-state index in [0.717, 1.165) is 18.2 Å². The van der Waals surface area contributed by atoms with Crippen LogP contribution in [0, 0.1) is 5.82 Å². The average Bonchev–Trinajstić information content (AvgIpc) is 2.28. The predicted molar refractivity (Wildman–Crippen MR) is 53.8 cm³/mol. The second-order valence-electron chi connectivity index (χ2n) is 2.94. The van der Waals surface area contributed by atoms with Gasteiger partial charge in [0.15, 0.2) is 5.84 Å². The number of carbonyl (C=O) groups is 1. The highest BCUT2D eigenvalue weighted by molar-refractivity contribution is 5.99. The number of oxime groups is 1. The molecule has 0 aromatic heterocycles. The van der Waals surface area contributed by atoms with E-state index in [4.69, 9.17) is 10.9 Å². The summed E-state index contributed by atoms with van der Waals surface area (Å²) in [6, 6.07) is 2.97. The number of hydrogen-bond acceptors (Lipinski definition) is 4. The molecule has 1 aromatic carbocycles. The van der Waals surface area contributed by atoms with Crippen molar-refractivity contribution in [2.45, 2.75) is 0 Å². The van der Waals surface area contributed by atoms with E-state index in [1.165, 1.54) is 0 Å². The van der Waals surface area contributed by atoms with Gasteiger partial charge in [0.05, 0.1) is 12.1 Å². The van der Waals surface area contributed by atoms with Crippen molar-refractivity contribution >= 4 is 11.7 Å². The Morgan fingerprint density at radius 3 is 2.88 bits per heavy atom. The number of amidine groups is 1. The van der Waals surface area contributed by atoms with Crippen molar-refractivity contribution in [3.05, 3.63) is 29.6 Å². The lowest BCUT2D eigenvalue weighted by molar-refractivity contribution is 0.0956. The lowest BCUT2D eigenvalue weighted by Crippen LogP contribution is -2.33. The van der Waals surface area contributed by atoms with Crippen LogP contribution >= 0.6 is 0 Å². The molecule has 0 saturated carbocycles. The fraction of sp³-hybridized carbons (Fsp3) is 0.111. The Morgan fingerprint density at radius 2 is 2.25 bits per heavy atom. The van der Waals surface area contributed by atoms with Gasteiger partial charge in [-0.25, -0.2) is 4.39 Å². The number of phenolic OH excluding ortho intramolecular Hbond substituents is 1. The monoisotopic (exact) mass is 227 g/mol. The van der Waals surface area contributed by atoms with Gasteiger partial charge in [0.1, 0.15) is 11.6 Å². The van der Waals surface area contributed by atoms with Crippen LogP contribution in [0.4, 0.5) is 4.39 Å². The van der Waals surface area contributed by atoms with E-state index in [0.29, 0.717) is 0 Å². The summed E-state index contributed by atoms with van der Waals surface area (Å²) in [6.07, 6.45) is 0. The number of aromatic hydroxyl groups is 1. The molecule has 0 spiro atoms. The van der Waals surface area contributed by atoms with Crippen LogP contribution in [-0.2, 0) is 0 Å². The molecule has 0 heterocycles. The summed E-state index contributed by atoms with van der Waals surface area (Å²) in [5, 5.41) is 22.4. The van der Waals surface area contributed by atoms with Gasteiger partial charge in [0.2, 0.25) is 0 Å². The molecular formula is C9H10FN3O3. The molecule has 7 heteroatoms. The van der Waals surface area contributed by atoms with Gasteiger partial charge in [0, 0.05) is 0 Å². The van der Waals surface area contributed by atoms with Crippen molar-refractivity contribution in [1.82, 2.24) is 5.32 Å². The van der Waals surface area contributed by atoms with Crippen molar-refractivity contribution in [1.29, 1.82) is 0 Å². The van der Waals surface area contributed by atoms with Crippen LogP contribution in [0.15, 0.2) is 23.4 Å². The second kappa shape index (κ2) is 4.96. The van der Waals surface area contributed by atoms with Gasteiger partial charge in [-0.3, -0.25) is 4.79 Å². The van der Waals surface area contributed by atoms with E-state index in [9.17, 15) is 14.3 Å². The number of nitrogens with one attached hydrogen (secondary N) is 1. The molecule has 1 rings (SSSR count). The van der Waals surface area contributed by atoms with Gasteiger partial charge in [-0.05, 0) is 18.2 Å². The topological polar surface area (TPSA) is 108 Å². The molecule has 0 radical (unpaired) electrons. The fourth-order valence-electron chi connectivity index (χ4n) is 0.992. The summed E-state index contributed by atoms with van der Waals surface area (Å²) in [5.74, 6) is -1.92. The zero-order chi connectivity index (χ0) is 12.1. The molecule has 16 heavy (non-hydrogen) atoms. The van der Waals surface area contributed by atoms with E-state index in [1.54, 1.807) is 0 Å². The van der Waals surface area contributed by atoms with Gasteiger partial charge in [-0.15, -0.1) is 0 Å². The van der Waals surface area contributed by atoms with Crippen LogP contribution in [0.3, 0.4) is 0 Å². The standard InChI is InChI=1S/C9H10FN3O3/c10-5-1-2-7(14)6(3-5)9(15)12-4-8(11)13-16/h1-3,14,16H,4H2,(H2,11,13)(H,12,15). The van der Waals surface area contributed by atoms with Crippen LogP contribution in [0.1, 0.15) is 10.4 Å². The molecule has 1 aromatic rings. The van der Waals surface area contributed by atoms with E-state index in [2.05, 4.69) is 10.5 Å². The number of phenols is 1. The number of rotatable bonds is 3. The van der Waals surface area contributed by atoms with Gasteiger partial charge < -0.3 is 21.4 Å². The summed E-state index contributed by atoms with van der Waals surface area (Å²) in [6.45, 7) is -0.203. The van der Waals surface area contributed by atoms with Crippen LogP contribution in [0.5, 0.6) is 5.75 Å². The van der Waals surface area contributed by atoms with E-state index < -0.39 is 11.7 Å². The number of benzene rings is 1. The predicted octanol–water partition coefficient (Wildman–Crippen LogP) is 0.00750. The van der Waals surface area contributed by atoms with Crippen LogP contribution in [-0.4, -0.2) is 28.6 Å². The van der Waals surface area contributed by atoms with Crippen molar-refractivity contribution < 1.29 is 19.5 Å². The Labute approximate surface area is 90.2 Å². The number of amides is 1. The van der Waals surface area contributed by atoms with Gasteiger partial charge in [-0.1, -0.05) is 5.16 Å². The molecule has 0 atom stereocenters. The zero-order valence-corrected chi connectivity index (χ0v) is 8.14. The third-order valence-electron chi connectivity index (χ3n) is 1.76. The molecule has 0 saturated heterocycles. The molecule has 0 aliphatic rings. The summed E-state index contributed by atoms with van der Waals surface area (Å²) in [5.41, 5.74) is 4.90. The molecule has 86 valence electrons. The van der Waals surface area contributed by atoms with E-state index in [1.807, 2.05) is 0 Å². The Bertz CT molecular complexity index is 434. The average molecular weight is 227 g/mol. The number of carbonyl (C=O) groups excluding carboxylic acids is 1. The summed E-state index contributed by atoms with van der Waals surface area (Å²) in [7, 11) is 0. The first-order chi connectivity index (χ1) is 7.54. The molecule has 0 aliphatic heterocycles. The Kier molecular flexibility index (Phi) is 3.65. The molecule has 0 bridgehead atoms. The smallest absolute Gasteiger partial charge is 0.255 e. The molecule has 0 fully saturated rings. The Hall–Kier alpha value is -2.31. The van der Waals surface area contributed by atoms with Gasteiger partial charge >= 0.3 is 0 Å². The first-order valence-corrected chi connectivity index (χ1v) is 4.27. The highest BCUT2D eigenvalue weighted by Gasteiger charge is 2.12. The molecule has 1 amide bonds. The highest BCUT2D eigenvalue weighted by Crippen LogP contribution is 2.17. The number of nitrogens with zero attached hydrogens (tertiary/aromatic N) is 1. The third-order valence-corrected chi connectivity index (χ3v) is 1.76. The SMILES string of the molecule is N/C(CNC(=O)c1cc(F)ccc1O)=N/O. The maximum absolute atomic E-state index is 12.8. The molecular weight excluding hydrogens is 217 g/mol. The first kappa shape index (κ1) is 11.8. The fourth-order valence-corrected chi connectivity index (χ4v) is 0.992. The quantitative estimate of drug-likeness (QED) is 0.252. The minimum Gasteiger partial charge on any atom is -0.507 e. The van der Waals surface area contributed by atoms with Crippen molar-refractivity contribution in [2.75, 3.05) is 6.54 Å². The van der Waals surface area contributed by atoms with Crippen LogP contribution in [0.25, 0.3) is 0 Å². The summed E-state index contributed by atoms with van der Waals surface area (Å²) in [4.78, 5) is 11.4. The minimum atomic E-state index is -0.719. The van der Waals surface area contributed by atoms with Crippen molar-refractivity contribution in [3.8, 4) is 5.75 Å². The maximum Gasteiger partial charge on any atom is 0.255 e. The van der Waals surface area contributed by atoms with Crippen LogP contribution < -0.4 is 11.1 Å². The Balaban J connectivity index is 2.77. The second-order valence-corrected chi connectivity index (χ2v) is 2.94. The van der Waals surface area contributed by atoms with Gasteiger partial charge in [0.25, 0.3) is 5.91 Å². The number of nitrogens with two attached hydrogens (primary N) is 1. The molecule has 6 nitrogen and oxygen atoms in total. The zero-order valence-electron chi connectivity index (χ0n) is 8.14. The normalized spacial score (nSPS) is 11.2. The third kappa shape index (κ3) is 2.84. The van der Waals surface area contributed by atoms with E-state index in [-0.39, 0.29) is 23.7 Å². The highest BCUT2D eigenvalue weighted by atomic mass is 19.1. The Morgan fingerprint density at radius 1 is 1.56 bits per heavy atom. The largest absolute Gasteiger partial charge is 0.507 e. The number of halogens is 1. The molecule has 0 unspecified atom stereocenters. The summed E-state index contributed by atoms with van der Waals surface area (Å²) < 4.78 is 12.8. The van der Waals surface area contributed by atoms with Crippen molar-refractivity contribution in [2.24, 2.45) is 10.9 Å². The van der Waals surface area contributed by atoms with Crippen molar-refractivity contribution in [3.63, 3.8) is 0 Å². The van der Waals surface area contributed by atoms with E-state index >= 15 is 0 Å². The maximum atomic E-state index is 12.8. The lowest BCUT2D eigenvalue weighted by Gasteiger charge is -2.05. The number of hydrogen-bond donors (Lipinski definition) is 4. The molecule has 5 N–H and O–H groups in total.